The Balaban J connectivity index is 2.44. The monoisotopic (exact) mass is 398 g/mol. The third-order valence-corrected chi connectivity index (χ3v) is 5.53. The second-order valence-electron chi connectivity index (χ2n) is 7.83. The number of alkyl halides is 5. The van der Waals surface area contributed by atoms with E-state index in [-0.39, 0.29) is 24.3 Å². The minimum atomic E-state index is -5.23. The first kappa shape index (κ1) is 21.6. The number of hydrogen-bond acceptors (Lipinski definition) is 4. The highest BCUT2D eigenvalue weighted by Crippen LogP contribution is 2.54. The summed E-state index contributed by atoms with van der Waals surface area (Å²) in [6, 6.07) is 0. The summed E-state index contributed by atoms with van der Waals surface area (Å²) in [4.78, 5) is 23.6. The summed E-state index contributed by atoms with van der Waals surface area (Å²) >= 11 is 0. The minimum absolute atomic E-state index is 0.139. The van der Waals surface area contributed by atoms with Gasteiger partial charge in [0.1, 0.15) is 0 Å². The zero-order valence-corrected chi connectivity index (χ0v) is 15.4. The van der Waals surface area contributed by atoms with Gasteiger partial charge in [0.05, 0.1) is 0 Å². The lowest BCUT2D eigenvalue weighted by molar-refractivity contribution is -0.305. The Labute approximate surface area is 154 Å². The van der Waals surface area contributed by atoms with Gasteiger partial charge >= 0.3 is 24.0 Å². The number of rotatable bonds is 6. The van der Waals surface area contributed by atoms with Crippen molar-refractivity contribution in [2.45, 2.75) is 70.3 Å². The van der Waals surface area contributed by atoms with E-state index >= 15 is 0 Å². The van der Waals surface area contributed by atoms with Crippen LogP contribution in [0.15, 0.2) is 12.2 Å². The molecule has 9 heteroatoms. The van der Waals surface area contributed by atoms with E-state index in [1.807, 2.05) is 0 Å². The van der Waals surface area contributed by atoms with Crippen LogP contribution in [0, 0.1) is 17.8 Å². The Morgan fingerprint density at radius 1 is 1.07 bits per heavy atom. The third-order valence-electron chi connectivity index (χ3n) is 5.53. The van der Waals surface area contributed by atoms with Crippen LogP contribution < -0.4 is 0 Å². The zero-order chi connectivity index (χ0) is 20.8. The highest BCUT2D eigenvalue weighted by molar-refractivity contribution is 5.87. The molecule has 2 bridgehead atoms. The minimum Gasteiger partial charge on any atom is -0.454 e. The average Bonchev–Trinajstić information content (AvgIpc) is 3.12. The van der Waals surface area contributed by atoms with Crippen molar-refractivity contribution in [2.75, 3.05) is 0 Å². The van der Waals surface area contributed by atoms with Crippen LogP contribution in [-0.4, -0.2) is 35.7 Å². The molecule has 0 amide bonds. The topological polar surface area (TPSA) is 52.6 Å². The summed E-state index contributed by atoms with van der Waals surface area (Å²) in [5.74, 6) is -8.23. The second kappa shape index (κ2) is 7.05. The third kappa shape index (κ3) is 4.27. The molecule has 0 aliphatic heterocycles. The molecular weight excluding hydrogens is 375 g/mol. The molecule has 2 saturated carbocycles. The zero-order valence-electron chi connectivity index (χ0n) is 15.4. The molecule has 0 aromatic rings. The summed E-state index contributed by atoms with van der Waals surface area (Å²) in [6.45, 7) is 5.24. The van der Waals surface area contributed by atoms with Crippen molar-refractivity contribution in [3.05, 3.63) is 12.2 Å². The van der Waals surface area contributed by atoms with Gasteiger partial charge < -0.3 is 9.47 Å². The van der Waals surface area contributed by atoms with Crippen LogP contribution >= 0.6 is 0 Å². The van der Waals surface area contributed by atoms with E-state index in [1.165, 1.54) is 6.92 Å². The molecule has 27 heavy (non-hydrogen) atoms. The summed E-state index contributed by atoms with van der Waals surface area (Å²) in [5.41, 5.74) is -3.54. The number of ether oxygens (including phenoxy) is 2. The maximum atomic E-state index is 13.9. The quantitative estimate of drug-likeness (QED) is 0.377. The van der Waals surface area contributed by atoms with E-state index in [0.717, 1.165) is 6.42 Å². The van der Waals surface area contributed by atoms with Gasteiger partial charge in [-0.2, -0.15) is 22.0 Å². The Bertz CT molecular complexity index is 624. The summed E-state index contributed by atoms with van der Waals surface area (Å²) in [6.07, 6.45) is -4.61. The van der Waals surface area contributed by atoms with Crippen LogP contribution in [0.25, 0.3) is 0 Å². The molecule has 0 aromatic carbocycles. The summed E-state index contributed by atoms with van der Waals surface area (Å²) in [7, 11) is 0. The van der Waals surface area contributed by atoms with Crippen molar-refractivity contribution >= 4 is 11.9 Å². The Kier molecular flexibility index (Phi) is 5.65. The van der Waals surface area contributed by atoms with Crippen molar-refractivity contribution in [2.24, 2.45) is 17.8 Å². The number of carbonyl (C=O) groups is 2. The Morgan fingerprint density at radius 2 is 1.67 bits per heavy atom. The molecule has 0 spiro atoms. The van der Waals surface area contributed by atoms with Gasteiger partial charge in [-0.1, -0.05) is 13.0 Å². The van der Waals surface area contributed by atoms with Crippen LogP contribution in [0.5, 0.6) is 0 Å². The van der Waals surface area contributed by atoms with Crippen LogP contribution in [0.4, 0.5) is 22.0 Å². The summed E-state index contributed by atoms with van der Waals surface area (Å²) < 4.78 is 77.6. The first-order valence-corrected chi connectivity index (χ1v) is 8.71. The maximum absolute atomic E-state index is 13.9. The SMILES string of the molecule is C=C(C)C(=O)OC(C1CC2CCC1C2)C(C)(OC(=O)C(C)(F)F)C(F)(F)F. The molecule has 5 unspecified atom stereocenters. The molecule has 0 heterocycles. The summed E-state index contributed by atoms with van der Waals surface area (Å²) in [5, 5.41) is 0. The van der Waals surface area contributed by atoms with E-state index in [4.69, 9.17) is 4.74 Å². The first-order chi connectivity index (χ1) is 12.2. The van der Waals surface area contributed by atoms with Gasteiger partial charge in [0.2, 0.25) is 5.60 Å². The number of carbonyl (C=O) groups excluding carboxylic acids is 2. The van der Waals surface area contributed by atoms with Crippen molar-refractivity contribution in [3.8, 4) is 0 Å². The molecule has 0 saturated heterocycles. The van der Waals surface area contributed by atoms with Crippen molar-refractivity contribution < 1.29 is 41.0 Å². The van der Waals surface area contributed by atoms with Gasteiger partial charge in [-0.15, -0.1) is 0 Å². The van der Waals surface area contributed by atoms with E-state index in [1.54, 1.807) is 0 Å². The molecule has 2 aliphatic rings. The second-order valence-corrected chi connectivity index (χ2v) is 7.83. The number of fused-ring (bicyclic) bond motifs is 2. The molecule has 0 aromatic heterocycles. The number of hydrogen-bond donors (Lipinski definition) is 0. The average molecular weight is 398 g/mol. The van der Waals surface area contributed by atoms with E-state index < -0.39 is 41.7 Å². The Hall–Kier alpha value is -1.67. The normalized spacial score (nSPS) is 28.4. The number of esters is 2. The van der Waals surface area contributed by atoms with E-state index in [9.17, 15) is 31.5 Å². The molecule has 0 radical (unpaired) electrons. The fourth-order valence-corrected chi connectivity index (χ4v) is 4.05. The van der Waals surface area contributed by atoms with Gasteiger partial charge in [-0.25, -0.2) is 9.59 Å². The lowest BCUT2D eigenvalue weighted by Crippen LogP contribution is -2.61. The molecule has 5 atom stereocenters. The van der Waals surface area contributed by atoms with Crippen LogP contribution in [0.3, 0.4) is 0 Å². The van der Waals surface area contributed by atoms with Crippen molar-refractivity contribution in [1.82, 2.24) is 0 Å². The fraction of sp³-hybridized carbons (Fsp3) is 0.778. The Morgan fingerprint density at radius 3 is 2.04 bits per heavy atom. The van der Waals surface area contributed by atoms with Crippen LogP contribution in [0.1, 0.15) is 46.5 Å². The molecule has 0 N–H and O–H groups in total. The standard InChI is InChI=1S/C18H23F5O4/c1-9(2)14(24)26-13(12-8-10-5-6-11(12)7-10)16(3,18(21,22)23)27-15(25)17(4,19)20/h10-13H,1,5-8H2,2-4H3. The number of halogens is 5. The van der Waals surface area contributed by atoms with Gasteiger partial charge in [-0.05, 0) is 44.9 Å². The molecule has 4 nitrogen and oxygen atoms in total. The van der Waals surface area contributed by atoms with Gasteiger partial charge in [0.15, 0.2) is 6.10 Å². The molecule has 2 fully saturated rings. The maximum Gasteiger partial charge on any atom is 0.431 e. The van der Waals surface area contributed by atoms with Crippen molar-refractivity contribution in [1.29, 1.82) is 0 Å². The van der Waals surface area contributed by atoms with E-state index in [0.29, 0.717) is 26.2 Å². The lowest BCUT2D eigenvalue weighted by Gasteiger charge is -2.42. The molecular formula is C18H23F5O4. The predicted molar refractivity (Wildman–Crippen MR) is 84.8 cm³/mol. The van der Waals surface area contributed by atoms with Gasteiger partial charge in [-0.3, -0.25) is 0 Å². The van der Waals surface area contributed by atoms with Crippen molar-refractivity contribution in [3.63, 3.8) is 0 Å². The predicted octanol–water partition coefficient (Wildman–Crippen LogP) is 4.43. The lowest BCUT2D eigenvalue weighted by atomic mass is 9.77. The van der Waals surface area contributed by atoms with Gasteiger partial charge in [0.25, 0.3) is 0 Å². The smallest absolute Gasteiger partial charge is 0.431 e. The highest BCUT2D eigenvalue weighted by Gasteiger charge is 2.66. The molecule has 2 aliphatic carbocycles. The largest absolute Gasteiger partial charge is 0.454 e. The molecule has 154 valence electrons. The molecule has 2 rings (SSSR count). The van der Waals surface area contributed by atoms with Crippen LogP contribution in [-0.2, 0) is 19.1 Å². The highest BCUT2D eigenvalue weighted by atomic mass is 19.4. The van der Waals surface area contributed by atoms with Gasteiger partial charge in [0, 0.05) is 18.4 Å². The first-order valence-electron chi connectivity index (χ1n) is 8.71. The van der Waals surface area contributed by atoms with Crippen LogP contribution in [0.2, 0.25) is 0 Å². The van der Waals surface area contributed by atoms with E-state index in [2.05, 4.69) is 11.3 Å². The fourth-order valence-electron chi connectivity index (χ4n) is 4.05.